The summed E-state index contributed by atoms with van der Waals surface area (Å²) in [5, 5.41) is 14.0. The molecule has 0 amide bonds. The normalized spacial score (nSPS) is 11.0. The molecule has 1 N–H and O–H groups in total. The molecule has 0 saturated carbocycles. The molecule has 172 valence electrons. The van der Waals surface area contributed by atoms with E-state index in [9.17, 15) is 14.7 Å². The van der Waals surface area contributed by atoms with E-state index in [0.717, 1.165) is 22.5 Å². The van der Waals surface area contributed by atoms with E-state index in [1.807, 2.05) is 59.3 Å². The third-order valence-corrected chi connectivity index (χ3v) is 5.42. The second-order valence-corrected chi connectivity index (χ2v) is 8.61. The van der Waals surface area contributed by atoms with Gasteiger partial charge in [-0.15, -0.1) is 5.10 Å². The van der Waals surface area contributed by atoms with Gasteiger partial charge in [-0.3, -0.25) is 9.78 Å². The maximum absolute atomic E-state index is 12.8. The fraction of sp³-hybridized carbons (Fsp3) is 0.222. The Morgan fingerprint density at radius 2 is 1.71 bits per heavy atom. The molecule has 34 heavy (non-hydrogen) atoms. The summed E-state index contributed by atoms with van der Waals surface area (Å²) >= 11 is 0. The summed E-state index contributed by atoms with van der Waals surface area (Å²) in [6, 6.07) is 18.7. The maximum atomic E-state index is 12.8. The molecular formula is C27H26N4O3. The largest absolute Gasteiger partial charge is 0.478 e. The molecule has 0 fully saturated rings. The number of Topliss-reactive ketones (excluding diaryl/α,β-unsaturated/α-hetero) is 1. The Kier molecular flexibility index (Phi) is 6.92. The van der Waals surface area contributed by atoms with Crippen LogP contribution < -0.4 is 0 Å². The van der Waals surface area contributed by atoms with E-state index in [1.54, 1.807) is 6.20 Å². The number of carboxylic acids is 1. The first-order valence-corrected chi connectivity index (χ1v) is 11.2. The topological polar surface area (TPSA) is 98.0 Å². The lowest BCUT2D eigenvalue weighted by Gasteiger charge is -2.09. The molecule has 0 unspecified atom stereocenters. The Morgan fingerprint density at radius 1 is 0.971 bits per heavy atom. The average molecular weight is 455 g/mol. The van der Waals surface area contributed by atoms with Crippen LogP contribution in [0.4, 0.5) is 0 Å². The Labute approximate surface area is 198 Å². The van der Waals surface area contributed by atoms with Crippen LogP contribution in [0, 0.1) is 5.92 Å². The second-order valence-electron chi connectivity index (χ2n) is 8.61. The summed E-state index contributed by atoms with van der Waals surface area (Å²) in [5.41, 5.74) is 3.47. The van der Waals surface area contributed by atoms with Crippen molar-refractivity contribution in [2.24, 2.45) is 5.92 Å². The fourth-order valence-corrected chi connectivity index (χ4v) is 3.77. The lowest BCUT2D eigenvalue weighted by Crippen LogP contribution is -2.11. The van der Waals surface area contributed by atoms with Crippen molar-refractivity contribution >= 4 is 11.8 Å². The number of ketones is 1. The highest BCUT2D eigenvalue weighted by molar-refractivity contribution is 5.95. The highest BCUT2D eigenvalue weighted by Crippen LogP contribution is 2.24. The highest BCUT2D eigenvalue weighted by atomic mass is 16.4. The van der Waals surface area contributed by atoms with E-state index in [0.29, 0.717) is 24.4 Å². The summed E-state index contributed by atoms with van der Waals surface area (Å²) in [5.74, 6) is 0.210. The standard InChI is InChI=1S/C27H26N4O3/c1-18(2)17-31-25(29-26(30-31)24(32)14-19-6-4-3-5-7-19)15-20-8-10-21(11-9-20)23-16-28-13-12-22(23)27(33)34/h3-13,16,18H,14-15,17H2,1-2H3,(H,33,34). The number of hydrogen-bond acceptors (Lipinski definition) is 5. The summed E-state index contributed by atoms with van der Waals surface area (Å²) in [7, 11) is 0. The molecule has 0 bridgehead atoms. The number of pyridine rings is 1. The van der Waals surface area contributed by atoms with E-state index in [2.05, 4.69) is 28.9 Å². The lowest BCUT2D eigenvalue weighted by atomic mass is 10.00. The quantitative estimate of drug-likeness (QED) is 0.368. The number of hydrogen-bond donors (Lipinski definition) is 1. The maximum Gasteiger partial charge on any atom is 0.336 e. The van der Waals surface area contributed by atoms with Gasteiger partial charge in [0.05, 0.1) is 5.56 Å². The first kappa shape index (κ1) is 23.0. The monoisotopic (exact) mass is 454 g/mol. The summed E-state index contributed by atoms with van der Waals surface area (Å²) in [6.07, 6.45) is 3.80. The number of benzene rings is 2. The molecule has 0 radical (unpaired) electrons. The molecule has 0 aliphatic heterocycles. The van der Waals surface area contributed by atoms with Crippen LogP contribution in [0.25, 0.3) is 11.1 Å². The van der Waals surface area contributed by atoms with Gasteiger partial charge in [0.15, 0.2) is 0 Å². The first-order valence-electron chi connectivity index (χ1n) is 11.2. The van der Waals surface area contributed by atoms with Crippen molar-refractivity contribution in [3.8, 4) is 11.1 Å². The zero-order valence-corrected chi connectivity index (χ0v) is 19.2. The van der Waals surface area contributed by atoms with Gasteiger partial charge < -0.3 is 5.11 Å². The zero-order valence-electron chi connectivity index (χ0n) is 19.2. The Morgan fingerprint density at radius 3 is 2.38 bits per heavy atom. The van der Waals surface area contributed by atoms with Crippen LogP contribution in [-0.4, -0.2) is 36.6 Å². The van der Waals surface area contributed by atoms with Gasteiger partial charge in [-0.1, -0.05) is 68.4 Å². The number of carbonyl (C=O) groups excluding carboxylic acids is 1. The van der Waals surface area contributed by atoms with Gasteiger partial charge >= 0.3 is 5.97 Å². The molecule has 4 rings (SSSR count). The summed E-state index contributed by atoms with van der Waals surface area (Å²) < 4.78 is 1.82. The number of rotatable bonds is 9. The number of aromatic carboxylic acids is 1. The van der Waals surface area contributed by atoms with Crippen molar-refractivity contribution in [3.63, 3.8) is 0 Å². The third-order valence-electron chi connectivity index (χ3n) is 5.42. The Bertz CT molecular complexity index is 1300. The molecular weight excluding hydrogens is 428 g/mol. The van der Waals surface area contributed by atoms with Crippen molar-refractivity contribution in [3.05, 3.63) is 101 Å². The number of aromatic nitrogens is 4. The predicted octanol–water partition coefficient (Wildman–Crippen LogP) is 4.71. The van der Waals surface area contributed by atoms with Crippen molar-refractivity contribution < 1.29 is 14.7 Å². The van der Waals surface area contributed by atoms with Crippen molar-refractivity contribution in [1.82, 2.24) is 19.7 Å². The van der Waals surface area contributed by atoms with Crippen LogP contribution in [0.2, 0.25) is 0 Å². The van der Waals surface area contributed by atoms with E-state index >= 15 is 0 Å². The van der Waals surface area contributed by atoms with E-state index in [-0.39, 0.29) is 23.6 Å². The molecule has 0 aliphatic rings. The van der Waals surface area contributed by atoms with Gasteiger partial charge in [-0.25, -0.2) is 14.5 Å². The van der Waals surface area contributed by atoms with Crippen LogP contribution in [0.3, 0.4) is 0 Å². The molecule has 2 aromatic carbocycles. The van der Waals surface area contributed by atoms with Gasteiger partial charge in [0, 0.05) is 37.3 Å². The molecule has 0 spiro atoms. The highest BCUT2D eigenvalue weighted by Gasteiger charge is 2.18. The Hall–Kier alpha value is -4.13. The smallest absolute Gasteiger partial charge is 0.336 e. The zero-order chi connectivity index (χ0) is 24.1. The van der Waals surface area contributed by atoms with Gasteiger partial charge in [0.25, 0.3) is 0 Å². The SMILES string of the molecule is CC(C)Cn1nc(C(=O)Cc2ccccc2)nc1Cc1ccc(-c2cnccc2C(=O)O)cc1. The summed E-state index contributed by atoms with van der Waals surface area (Å²) in [4.78, 5) is 33.0. The van der Waals surface area contributed by atoms with Crippen LogP contribution >= 0.6 is 0 Å². The van der Waals surface area contributed by atoms with Crippen molar-refractivity contribution in [2.75, 3.05) is 0 Å². The van der Waals surface area contributed by atoms with E-state index in [1.165, 1.54) is 12.3 Å². The molecule has 2 aromatic heterocycles. The second kappa shape index (κ2) is 10.2. The van der Waals surface area contributed by atoms with Crippen LogP contribution in [0.1, 0.15) is 51.8 Å². The number of nitrogens with zero attached hydrogens (tertiary/aromatic N) is 4. The predicted molar refractivity (Wildman–Crippen MR) is 129 cm³/mol. The third kappa shape index (κ3) is 5.43. The minimum Gasteiger partial charge on any atom is -0.478 e. The van der Waals surface area contributed by atoms with Gasteiger partial charge in [0.2, 0.25) is 11.6 Å². The van der Waals surface area contributed by atoms with Crippen molar-refractivity contribution in [1.29, 1.82) is 0 Å². The first-order chi connectivity index (χ1) is 16.4. The molecule has 7 heteroatoms. The lowest BCUT2D eigenvalue weighted by molar-refractivity contribution is 0.0697. The molecule has 0 aliphatic carbocycles. The number of carboxylic acid groups (broad SMARTS) is 1. The average Bonchev–Trinajstić information content (AvgIpc) is 3.22. The summed E-state index contributed by atoms with van der Waals surface area (Å²) in [6.45, 7) is 4.86. The molecule has 0 saturated heterocycles. The molecule has 4 aromatic rings. The van der Waals surface area contributed by atoms with Gasteiger partial charge in [0.1, 0.15) is 5.82 Å². The van der Waals surface area contributed by atoms with Crippen LogP contribution in [0.5, 0.6) is 0 Å². The molecule has 0 atom stereocenters. The van der Waals surface area contributed by atoms with Crippen molar-refractivity contribution in [2.45, 2.75) is 33.2 Å². The minimum atomic E-state index is -0.990. The van der Waals surface area contributed by atoms with E-state index < -0.39 is 5.97 Å². The fourth-order valence-electron chi connectivity index (χ4n) is 3.77. The Balaban J connectivity index is 1.57. The van der Waals surface area contributed by atoms with Gasteiger partial charge in [-0.2, -0.15) is 0 Å². The van der Waals surface area contributed by atoms with E-state index in [4.69, 9.17) is 0 Å². The molecule has 7 nitrogen and oxygen atoms in total. The minimum absolute atomic E-state index is 0.108. The number of carbonyl (C=O) groups is 2. The van der Waals surface area contributed by atoms with Crippen LogP contribution in [0.15, 0.2) is 73.1 Å². The van der Waals surface area contributed by atoms with Gasteiger partial charge in [-0.05, 0) is 28.7 Å². The molecule has 2 heterocycles. The van der Waals surface area contributed by atoms with Crippen LogP contribution in [-0.2, 0) is 19.4 Å².